The molecular formula is C12H17FN4O. The Bertz CT molecular complexity index is 444. The molecular weight excluding hydrogens is 235 g/mol. The van der Waals surface area contributed by atoms with Crippen LogP contribution < -0.4 is 5.32 Å². The van der Waals surface area contributed by atoms with Gasteiger partial charge in [0, 0.05) is 33.2 Å². The fourth-order valence-electron chi connectivity index (χ4n) is 1.98. The van der Waals surface area contributed by atoms with Crippen LogP contribution in [-0.2, 0) is 0 Å². The number of pyridine rings is 1. The number of amides is 1. The zero-order valence-electron chi connectivity index (χ0n) is 10.6. The first-order valence-electron chi connectivity index (χ1n) is 5.93. The highest BCUT2D eigenvalue weighted by Gasteiger charge is 2.23. The van der Waals surface area contributed by atoms with Gasteiger partial charge < -0.3 is 15.1 Å². The van der Waals surface area contributed by atoms with Gasteiger partial charge >= 0.3 is 0 Å². The van der Waals surface area contributed by atoms with E-state index >= 15 is 0 Å². The van der Waals surface area contributed by atoms with Gasteiger partial charge in [-0.05, 0) is 13.1 Å². The second-order valence-electron chi connectivity index (χ2n) is 4.40. The van der Waals surface area contributed by atoms with E-state index in [4.69, 9.17) is 0 Å². The maximum absolute atomic E-state index is 13.2. The molecule has 0 aromatic carbocycles. The van der Waals surface area contributed by atoms with Crippen LogP contribution in [0.2, 0.25) is 0 Å². The number of piperazine rings is 1. The third-order valence-corrected chi connectivity index (χ3v) is 3.11. The molecule has 0 spiro atoms. The number of carbonyl (C=O) groups is 1. The Labute approximate surface area is 106 Å². The molecule has 1 amide bonds. The lowest BCUT2D eigenvalue weighted by Crippen LogP contribution is -2.47. The van der Waals surface area contributed by atoms with E-state index in [0.29, 0.717) is 24.5 Å². The first kappa shape index (κ1) is 12.8. The van der Waals surface area contributed by atoms with Crippen molar-refractivity contribution in [1.29, 1.82) is 0 Å². The van der Waals surface area contributed by atoms with Gasteiger partial charge in [0.2, 0.25) is 0 Å². The lowest BCUT2D eigenvalue weighted by Gasteiger charge is -2.32. The third-order valence-electron chi connectivity index (χ3n) is 3.11. The van der Waals surface area contributed by atoms with Crippen molar-refractivity contribution >= 4 is 11.7 Å². The lowest BCUT2D eigenvalue weighted by atomic mass is 10.2. The minimum absolute atomic E-state index is 0.167. The van der Waals surface area contributed by atoms with Gasteiger partial charge in [0.1, 0.15) is 11.6 Å². The van der Waals surface area contributed by atoms with Gasteiger partial charge in [0.25, 0.3) is 5.91 Å². The Morgan fingerprint density at radius 2 is 2.06 bits per heavy atom. The zero-order valence-corrected chi connectivity index (χ0v) is 10.6. The smallest absolute Gasteiger partial charge is 0.257 e. The Hall–Kier alpha value is -1.69. The van der Waals surface area contributed by atoms with Crippen molar-refractivity contribution in [2.45, 2.75) is 0 Å². The van der Waals surface area contributed by atoms with Gasteiger partial charge in [-0.15, -0.1) is 0 Å². The van der Waals surface area contributed by atoms with Crippen molar-refractivity contribution < 1.29 is 9.18 Å². The van der Waals surface area contributed by atoms with Crippen molar-refractivity contribution in [1.82, 2.24) is 14.8 Å². The fraction of sp³-hybridized carbons (Fsp3) is 0.500. The molecule has 0 atom stereocenters. The van der Waals surface area contributed by atoms with Crippen molar-refractivity contribution in [3.8, 4) is 0 Å². The maximum Gasteiger partial charge on any atom is 0.257 e. The highest BCUT2D eigenvalue weighted by atomic mass is 19.1. The molecule has 6 heteroatoms. The highest BCUT2D eigenvalue weighted by molar-refractivity contribution is 5.98. The standard InChI is InChI=1S/C12H17FN4O/c1-14-11-10(7-9(13)8-15-11)12(18)17-5-3-16(2)4-6-17/h7-8H,3-6H2,1-2H3,(H,14,15). The molecule has 5 nitrogen and oxygen atoms in total. The van der Waals surface area contributed by atoms with Crippen LogP contribution in [0.15, 0.2) is 12.3 Å². The number of rotatable bonds is 2. The molecule has 1 aliphatic heterocycles. The topological polar surface area (TPSA) is 48.5 Å². The van der Waals surface area contributed by atoms with Crippen molar-refractivity contribution in [3.63, 3.8) is 0 Å². The monoisotopic (exact) mass is 252 g/mol. The minimum atomic E-state index is -0.494. The van der Waals surface area contributed by atoms with Crippen molar-refractivity contribution in [2.75, 3.05) is 45.6 Å². The van der Waals surface area contributed by atoms with Crippen LogP contribution in [0, 0.1) is 5.82 Å². The van der Waals surface area contributed by atoms with Gasteiger partial charge in [-0.1, -0.05) is 0 Å². The van der Waals surface area contributed by atoms with Crippen molar-refractivity contribution in [2.24, 2.45) is 0 Å². The largest absolute Gasteiger partial charge is 0.372 e. The quantitative estimate of drug-likeness (QED) is 0.839. The number of likely N-dealkylation sites (N-methyl/N-ethyl adjacent to an activating group) is 1. The minimum Gasteiger partial charge on any atom is -0.372 e. The average Bonchev–Trinajstić information content (AvgIpc) is 2.39. The molecule has 1 aromatic rings. The fourth-order valence-corrected chi connectivity index (χ4v) is 1.98. The molecule has 0 unspecified atom stereocenters. The van der Waals surface area contributed by atoms with E-state index in [1.165, 1.54) is 6.07 Å². The Morgan fingerprint density at radius 1 is 1.39 bits per heavy atom. The number of hydrogen-bond donors (Lipinski definition) is 1. The molecule has 1 aliphatic rings. The molecule has 18 heavy (non-hydrogen) atoms. The molecule has 1 saturated heterocycles. The highest BCUT2D eigenvalue weighted by Crippen LogP contribution is 2.16. The summed E-state index contributed by atoms with van der Waals surface area (Å²) < 4.78 is 13.2. The molecule has 0 radical (unpaired) electrons. The van der Waals surface area contributed by atoms with Crippen molar-refractivity contribution in [3.05, 3.63) is 23.6 Å². The van der Waals surface area contributed by atoms with E-state index in [0.717, 1.165) is 19.3 Å². The summed E-state index contributed by atoms with van der Waals surface area (Å²) in [7, 11) is 3.69. The summed E-state index contributed by atoms with van der Waals surface area (Å²) in [6, 6.07) is 1.24. The Morgan fingerprint density at radius 3 is 2.67 bits per heavy atom. The van der Waals surface area contributed by atoms with Crippen LogP contribution in [-0.4, -0.2) is 61.0 Å². The molecule has 0 bridgehead atoms. The Balaban J connectivity index is 2.20. The maximum atomic E-state index is 13.2. The van der Waals surface area contributed by atoms with Crippen LogP contribution in [0.1, 0.15) is 10.4 Å². The van der Waals surface area contributed by atoms with Gasteiger partial charge in [-0.25, -0.2) is 9.37 Å². The molecule has 1 aromatic heterocycles. The second kappa shape index (κ2) is 5.30. The van der Waals surface area contributed by atoms with E-state index in [2.05, 4.69) is 15.2 Å². The third kappa shape index (κ3) is 2.59. The van der Waals surface area contributed by atoms with E-state index < -0.39 is 5.82 Å². The number of halogens is 1. The first-order valence-corrected chi connectivity index (χ1v) is 5.93. The molecule has 0 saturated carbocycles. The summed E-state index contributed by atoms with van der Waals surface area (Å²) in [6.07, 6.45) is 1.10. The lowest BCUT2D eigenvalue weighted by molar-refractivity contribution is 0.0664. The Kier molecular flexibility index (Phi) is 3.76. The van der Waals surface area contributed by atoms with Crippen LogP contribution in [0.4, 0.5) is 10.2 Å². The summed E-state index contributed by atoms with van der Waals surface area (Å²) in [6.45, 7) is 3.00. The number of carbonyl (C=O) groups excluding carboxylic acids is 1. The summed E-state index contributed by atoms with van der Waals surface area (Å²) in [4.78, 5) is 20.1. The number of aromatic nitrogens is 1. The first-order chi connectivity index (χ1) is 8.61. The summed E-state index contributed by atoms with van der Waals surface area (Å²) in [5.41, 5.74) is 0.294. The zero-order chi connectivity index (χ0) is 13.1. The van der Waals surface area contributed by atoms with Gasteiger partial charge in [-0.2, -0.15) is 0 Å². The summed E-state index contributed by atoms with van der Waals surface area (Å²) in [5, 5.41) is 2.82. The summed E-state index contributed by atoms with van der Waals surface area (Å²) in [5.74, 6) is -0.244. The van der Waals surface area contributed by atoms with E-state index in [1.54, 1.807) is 11.9 Å². The van der Waals surface area contributed by atoms with Crippen LogP contribution in [0.25, 0.3) is 0 Å². The molecule has 1 fully saturated rings. The second-order valence-corrected chi connectivity index (χ2v) is 4.40. The summed E-state index contributed by atoms with van der Waals surface area (Å²) >= 11 is 0. The molecule has 0 aliphatic carbocycles. The normalized spacial score (nSPS) is 16.7. The molecule has 2 heterocycles. The average molecular weight is 252 g/mol. The predicted octanol–water partition coefficient (Wildman–Crippen LogP) is 0.650. The van der Waals surface area contributed by atoms with Gasteiger partial charge in [0.05, 0.1) is 11.8 Å². The molecule has 1 N–H and O–H groups in total. The van der Waals surface area contributed by atoms with Gasteiger partial charge in [0.15, 0.2) is 0 Å². The van der Waals surface area contributed by atoms with Crippen LogP contribution in [0.5, 0.6) is 0 Å². The van der Waals surface area contributed by atoms with E-state index in [9.17, 15) is 9.18 Å². The predicted molar refractivity (Wildman–Crippen MR) is 67.1 cm³/mol. The number of hydrogen-bond acceptors (Lipinski definition) is 4. The number of nitrogens with zero attached hydrogens (tertiary/aromatic N) is 3. The molecule has 98 valence electrons. The number of anilines is 1. The molecule has 2 rings (SSSR count). The number of nitrogens with one attached hydrogen (secondary N) is 1. The van der Waals surface area contributed by atoms with E-state index in [1.807, 2.05) is 7.05 Å². The van der Waals surface area contributed by atoms with Gasteiger partial charge in [-0.3, -0.25) is 4.79 Å². The SMILES string of the molecule is CNc1ncc(F)cc1C(=O)N1CCN(C)CC1. The van der Waals surface area contributed by atoms with Crippen LogP contribution >= 0.6 is 0 Å². The van der Waals surface area contributed by atoms with Crippen LogP contribution in [0.3, 0.4) is 0 Å². The van der Waals surface area contributed by atoms with E-state index in [-0.39, 0.29) is 5.91 Å².